The number of rotatable bonds is 6. The molecule has 178 valence electrons. The highest BCUT2D eigenvalue weighted by atomic mass is 32.2. The molecule has 1 aliphatic carbocycles. The second-order valence-electron chi connectivity index (χ2n) is 8.39. The number of hydrogen-bond acceptors (Lipinski definition) is 5. The van der Waals surface area contributed by atoms with Gasteiger partial charge in [-0.05, 0) is 48.7 Å². The number of anilines is 2. The van der Waals surface area contributed by atoms with Crippen molar-refractivity contribution in [3.63, 3.8) is 0 Å². The molecule has 0 radical (unpaired) electrons. The fourth-order valence-electron chi connectivity index (χ4n) is 4.28. The molecular weight excluding hydrogens is 465 g/mol. The van der Waals surface area contributed by atoms with Gasteiger partial charge in [0.05, 0.1) is 23.7 Å². The second kappa shape index (κ2) is 10.3. The number of aromatic nitrogens is 2. The Bertz CT molecular complexity index is 1280. The van der Waals surface area contributed by atoms with Gasteiger partial charge < -0.3 is 5.32 Å². The van der Waals surface area contributed by atoms with Crippen LogP contribution in [0.4, 0.5) is 15.9 Å². The number of thioether (sulfide) groups is 1. The van der Waals surface area contributed by atoms with Gasteiger partial charge in [0.2, 0.25) is 5.91 Å². The molecule has 9 heteroatoms. The maximum atomic E-state index is 13.5. The zero-order chi connectivity index (χ0) is 24.2. The monoisotopic (exact) mass is 489 g/mol. The van der Waals surface area contributed by atoms with Gasteiger partial charge in [-0.3, -0.25) is 14.5 Å². The Balaban J connectivity index is 1.34. The summed E-state index contributed by atoms with van der Waals surface area (Å²) in [7, 11) is 0. The third-order valence-electron chi connectivity index (χ3n) is 5.96. The Hall–Kier alpha value is -3.72. The van der Waals surface area contributed by atoms with Crippen LogP contribution in [0.5, 0.6) is 0 Å². The number of nitrogens with zero attached hydrogens (tertiary/aromatic N) is 4. The molecule has 0 unspecified atom stereocenters. The zero-order valence-electron chi connectivity index (χ0n) is 18.9. The van der Waals surface area contributed by atoms with Crippen LogP contribution in [0.25, 0.3) is 6.08 Å². The number of amidine groups is 1. The largest absolute Gasteiger partial charge is 0.310 e. The quantitative estimate of drug-likeness (QED) is 0.480. The Labute approximate surface area is 206 Å². The SMILES string of the molecule is O=C(CSC1=N/C(=C/c2ccccc2)C(=O)N1c1ccc(F)cc1)Nc1ccnn1C1CCCC1. The first-order valence-corrected chi connectivity index (χ1v) is 12.5. The van der Waals surface area contributed by atoms with Gasteiger partial charge in [-0.25, -0.2) is 14.1 Å². The summed E-state index contributed by atoms with van der Waals surface area (Å²) in [5.41, 5.74) is 1.57. The third kappa shape index (κ3) is 5.19. The van der Waals surface area contributed by atoms with Crippen LogP contribution in [-0.2, 0) is 9.59 Å². The van der Waals surface area contributed by atoms with Crippen molar-refractivity contribution in [1.29, 1.82) is 0 Å². The summed E-state index contributed by atoms with van der Waals surface area (Å²) in [5, 5.41) is 7.69. The van der Waals surface area contributed by atoms with Crippen molar-refractivity contribution in [2.24, 2.45) is 4.99 Å². The highest BCUT2D eigenvalue weighted by Gasteiger charge is 2.32. The van der Waals surface area contributed by atoms with Crippen LogP contribution in [0.3, 0.4) is 0 Å². The maximum Gasteiger partial charge on any atom is 0.283 e. The van der Waals surface area contributed by atoms with E-state index >= 15 is 0 Å². The van der Waals surface area contributed by atoms with E-state index in [1.165, 1.54) is 42.0 Å². The van der Waals surface area contributed by atoms with E-state index in [-0.39, 0.29) is 23.3 Å². The van der Waals surface area contributed by atoms with E-state index in [1.54, 1.807) is 18.3 Å². The molecule has 0 bridgehead atoms. The van der Waals surface area contributed by atoms with E-state index in [9.17, 15) is 14.0 Å². The molecule has 5 rings (SSSR count). The number of halogens is 1. The molecule has 2 heterocycles. The molecule has 0 atom stereocenters. The lowest BCUT2D eigenvalue weighted by Gasteiger charge is -2.18. The van der Waals surface area contributed by atoms with Crippen molar-refractivity contribution in [2.75, 3.05) is 16.0 Å². The predicted molar refractivity (Wildman–Crippen MR) is 137 cm³/mol. The van der Waals surface area contributed by atoms with Gasteiger partial charge in [-0.1, -0.05) is 54.9 Å². The highest BCUT2D eigenvalue weighted by Crippen LogP contribution is 2.32. The van der Waals surface area contributed by atoms with Crippen LogP contribution >= 0.6 is 11.8 Å². The highest BCUT2D eigenvalue weighted by molar-refractivity contribution is 8.14. The number of nitrogens with one attached hydrogen (secondary N) is 1. The van der Waals surface area contributed by atoms with Crippen molar-refractivity contribution in [2.45, 2.75) is 31.7 Å². The van der Waals surface area contributed by atoms with Gasteiger partial charge in [-0.2, -0.15) is 5.10 Å². The topological polar surface area (TPSA) is 79.6 Å². The fraction of sp³-hybridized carbons (Fsp3) is 0.231. The number of benzene rings is 2. The number of hydrogen-bond donors (Lipinski definition) is 1. The number of aliphatic imine (C=N–C) groups is 1. The molecule has 35 heavy (non-hydrogen) atoms. The maximum absolute atomic E-state index is 13.5. The number of amides is 2. The summed E-state index contributed by atoms with van der Waals surface area (Å²) in [6, 6.07) is 17.1. The van der Waals surface area contributed by atoms with Gasteiger partial charge in [0.1, 0.15) is 17.3 Å². The van der Waals surface area contributed by atoms with Crippen LogP contribution < -0.4 is 10.2 Å². The minimum atomic E-state index is -0.398. The van der Waals surface area contributed by atoms with E-state index in [0.717, 1.165) is 30.2 Å². The van der Waals surface area contributed by atoms with Gasteiger partial charge in [0, 0.05) is 6.07 Å². The lowest BCUT2D eigenvalue weighted by atomic mass is 10.2. The third-order valence-corrected chi connectivity index (χ3v) is 6.90. The van der Waals surface area contributed by atoms with E-state index in [2.05, 4.69) is 15.4 Å². The van der Waals surface area contributed by atoms with E-state index in [4.69, 9.17) is 0 Å². The number of carbonyl (C=O) groups excluding carboxylic acids is 2. The fourth-order valence-corrected chi connectivity index (χ4v) is 5.09. The Morgan fingerprint density at radius 2 is 1.83 bits per heavy atom. The van der Waals surface area contributed by atoms with E-state index in [0.29, 0.717) is 22.7 Å². The minimum absolute atomic E-state index is 0.0538. The summed E-state index contributed by atoms with van der Waals surface area (Å²) in [4.78, 5) is 31.9. The van der Waals surface area contributed by atoms with Crippen LogP contribution in [0.15, 0.2) is 77.5 Å². The normalized spacial score (nSPS) is 17.3. The molecule has 3 aromatic rings. The second-order valence-corrected chi connectivity index (χ2v) is 9.33. The molecular formula is C26H24FN5O2S. The molecule has 2 aromatic carbocycles. The Morgan fingerprint density at radius 3 is 2.57 bits per heavy atom. The zero-order valence-corrected chi connectivity index (χ0v) is 19.7. The van der Waals surface area contributed by atoms with Crippen molar-refractivity contribution in [3.8, 4) is 0 Å². The van der Waals surface area contributed by atoms with Gasteiger partial charge >= 0.3 is 0 Å². The molecule has 1 aromatic heterocycles. The van der Waals surface area contributed by atoms with E-state index in [1.807, 2.05) is 35.0 Å². The molecule has 2 aliphatic rings. The van der Waals surface area contributed by atoms with Crippen LogP contribution in [0.1, 0.15) is 37.3 Å². The van der Waals surface area contributed by atoms with Crippen molar-refractivity contribution in [1.82, 2.24) is 9.78 Å². The molecule has 2 amide bonds. The molecule has 0 spiro atoms. The van der Waals surface area contributed by atoms with Crippen LogP contribution in [0.2, 0.25) is 0 Å². The first kappa shape index (κ1) is 23.0. The molecule has 1 aliphatic heterocycles. The minimum Gasteiger partial charge on any atom is -0.310 e. The summed E-state index contributed by atoms with van der Waals surface area (Å²) < 4.78 is 15.4. The summed E-state index contributed by atoms with van der Waals surface area (Å²) in [6.07, 6.45) is 7.84. The summed E-state index contributed by atoms with van der Waals surface area (Å²) >= 11 is 1.16. The lowest BCUT2D eigenvalue weighted by Crippen LogP contribution is -2.31. The first-order chi connectivity index (χ1) is 17.1. The average molecular weight is 490 g/mol. The van der Waals surface area contributed by atoms with Crippen molar-refractivity contribution >= 4 is 46.3 Å². The van der Waals surface area contributed by atoms with Crippen molar-refractivity contribution in [3.05, 3.63) is 83.9 Å². The Kier molecular flexibility index (Phi) is 6.76. The van der Waals surface area contributed by atoms with Crippen molar-refractivity contribution < 1.29 is 14.0 Å². The predicted octanol–water partition coefficient (Wildman–Crippen LogP) is 5.25. The lowest BCUT2D eigenvalue weighted by molar-refractivity contribution is -0.114. The molecule has 1 N–H and O–H groups in total. The summed E-state index contributed by atoms with van der Waals surface area (Å²) in [6.45, 7) is 0. The molecule has 1 fully saturated rings. The average Bonchev–Trinajstić information content (AvgIpc) is 3.61. The standard InChI is InChI=1S/C26H24FN5O2S/c27-19-10-12-20(13-11-19)31-25(34)22(16-18-6-2-1-3-7-18)29-26(31)35-17-24(33)30-23-14-15-28-32(23)21-8-4-5-9-21/h1-3,6-7,10-16,21H,4-5,8-9,17H2,(H,30,33)/b22-16+. The first-order valence-electron chi connectivity index (χ1n) is 11.5. The number of carbonyl (C=O) groups is 2. The van der Waals surface area contributed by atoms with Gasteiger partial charge in [0.25, 0.3) is 5.91 Å². The van der Waals surface area contributed by atoms with Gasteiger partial charge in [-0.15, -0.1) is 0 Å². The molecule has 1 saturated carbocycles. The molecule has 7 nitrogen and oxygen atoms in total. The smallest absolute Gasteiger partial charge is 0.283 e. The summed E-state index contributed by atoms with van der Waals surface area (Å²) in [5.74, 6) is -0.220. The van der Waals surface area contributed by atoms with Crippen LogP contribution in [0, 0.1) is 5.82 Å². The van der Waals surface area contributed by atoms with E-state index < -0.39 is 5.82 Å². The molecule has 0 saturated heterocycles. The van der Waals surface area contributed by atoms with Crippen LogP contribution in [-0.4, -0.2) is 32.5 Å². The Morgan fingerprint density at radius 1 is 1.09 bits per heavy atom. The van der Waals surface area contributed by atoms with Gasteiger partial charge in [0.15, 0.2) is 5.17 Å².